The van der Waals surface area contributed by atoms with E-state index in [2.05, 4.69) is 34.6 Å². The number of nitrogens with one attached hydrogen (secondary N) is 1. The van der Waals surface area contributed by atoms with Crippen LogP contribution in [0.15, 0.2) is 52.9 Å². The Labute approximate surface area is 157 Å². The first kappa shape index (κ1) is 18.0. The van der Waals surface area contributed by atoms with Crippen LogP contribution in [0.5, 0.6) is 0 Å². The molecular formula is C21H21N3OS. The topological polar surface area (TPSA) is 54.4 Å². The molecule has 0 aliphatic rings. The summed E-state index contributed by atoms with van der Waals surface area (Å²) in [5, 5.41) is 6.86. The summed E-state index contributed by atoms with van der Waals surface area (Å²) in [5.41, 5.74) is 9.10. The van der Waals surface area contributed by atoms with E-state index in [0.29, 0.717) is 0 Å². The molecule has 5 heteroatoms. The standard InChI is InChI=1S/C21H21N3OS/c1-14-9-15(2)18(16(3)10-14)12-22-24-20(25)11-21-23-19(13-26-21)17-7-5-4-6-8-17/h4-10,12-13H,11H2,1-3H3,(H,24,25)/b22-12-. The van der Waals surface area contributed by atoms with Crippen molar-refractivity contribution in [3.63, 3.8) is 0 Å². The molecule has 0 radical (unpaired) electrons. The van der Waals surface area contributed by atoms with Crippen molar-refractivity contribution >= 4 is 23.5 Å². The van der Waals surface area contributed by atoms with Gasteiger partial charge in [-0.25, -0.2) is 10.4 Å². The molecule has 0 saturated heterocycles. The zero-order chi connectivity index (χ0) is 18.5. The molecule has 2 aromatic carbocycles. The molecule has 1 aromatic heterocycles. The van der Waals surface area contributed by atoms with E-state index < -0.39 is 0 Å². The summed E-state index contributed by atoms with van der Waals surface area (Å²) in [5.74, 6) is -0.169. The number of nitrogens with zero attached hydrogens (tertiary/aromatic N) is 2. The van der Waals surface area contributed by atoms with Gasteiger partial charge in [-0.15, -0.1) is 11.3 Å². The number of aromatic nitrogens is 1. The fourth-order valence-electron chi connectivity index (χ4n) is 2.87. The van der Waals surface area contributed by atoms with Gasteiger partial charge in [0.1, 0.15) is 5.01 Å². The van der Waals surface area contributed by atoms with E-state index in [9.17, 15) is 4.79 Å². The highest BCUT2D eigenvalue weighted by molar-refractivity contribution is 7.10. The summed E-state index contributed by atoms with van der Waals surface area (Å²) in [7, 11) is 0. The van der Waals surface area contributed by atoms with Crippen LogP contribution >= 0.6 is 11.3 Å². The average molecular weight is 363 g/mol. The minimum absolute atomic E-state index is 0.169. The van der Waals surface area contributed by atoms with Crippen LogP contribution < -0.4 is 5.43 Å². The minimum Gasteiger partial charge on any atom is -0.273 e. The van der Waals surface area contributed by atoms with Crippen LogP contribution in [-0.4, -0.2) is 17.1 Å². The van der Waals surface area contributed by atoms with Crippen molar-refractivity contribution in [3.8, 4) is 11.3 Å². The number of benzene rings is 2. The van der Waals surface area contributed by atoms with Gasteiger partial charge in [0.05, 0.1) is 18.3 Å². The normalized spacial score (nSPS) is 11.0. The second-order valence-electron chi connectivity index (χ2n) is 6.27. The molecule has 26 heavy (non-hydrogen) atoms. The average Bonchev–Trinajstić information content (AvgIpc) is 3.06. The Morgan fingerprint density at radius 1 is 1.15 bits per heavy atom. The summed E-state index contributed by atoms with van der Waals surface area (Å²) in [6, 6.07) is 14.2. The van der Waals surface area contributed by atoms with Crippen molar-refractivity contribution in [1.82, 2.24) is 10.4 Å². The third kappa shape index (κ3) is 4.43. The molecule has 0 bridgehead atoms. The second kappa shape index (κ2) is 8.06. The molecule has 3 aromatic rings. The lowest BCUT2D eigenvalue weighted by Gasteiger charge is -2.06. The Morgan fingerprint density at radius 3 is 2.54 bits per heavy atom. The number of hydrogen-bond donors (Lipinski definition) is 1. The number of carbonyl (C=O) groups excluding carboxylic acids is 1. The lowest BCUT2D eigenvalue weighted by Crippen LogP contribution is -2.19. The number of hydrogen-bond acceptors (Lipinski definition) is 4. The Morgan fingerprint density at radius 2 is 1.85 bits per heavy atom. The molecule has 0 fully saturated rings. The van der Waals surface area contributed by atoms with Gasteiger partial charge >= 0.3 is 0 Å². The predicted molar refractivity (Wildman–Crippen MR) is 108 cm³/mol. The van der Waals surface area contributed by atoms with E-state index in [0.717, 1.165) is 33.0 Å². The number of aryl methyl sites for hydroxylation is 3. The van der Waals surface area contributed by atoms with Gasteiger partial charge in [-0.1, -0.05) is 48.0 Å². The van der Waals surface area contributed by atoms with Crippen LogP contribution in [0, 0.1) is 20.8 Å². The number of carbonyl (C=O) groups is 1. The van der Waals surface area contributed by atoms with E-state index in [1.54, 1.807) is 6.21 Å². The van der Waals surface area contributed by atoms with E-state index in [-0.39, 0.29) is 12.3 Å². The Hall–Kier alpha value is -2.79. The molecular weight excluding hydrogens is 342 g/mol. The monoisotopic (exact) mass is 363 g/mol. The molecule has 1 heterocycles. The van der Waals surface area contributed by atoms with Crippen LogP contribution in [-0.2, 0) is 11.2 Å². The maximum atomic E-state index is 12.1. The van der Waals surface area contributed by atoms with Crippen LogP contribution in [0.1, 0.15) is 27.3 Å². The lowest BCUT2D eigenvalue weighted by molar-refractivity contribution is -0.120. The van der Waals surface area contributed by atoms with Gasteiger partial charge in [0, 0.05) is 16.5 Å². The Kier molecular flexibility index (Phi) is 5.58. The number of amides is 1. The second-order valence-corrected chi connectivity index (χ2v) is 7.22. The quantitative estimate of drug-likeness (QED) is 0.539. The molecule has 0 aliphatic heterocycles. The van der Waals surface area contributed by atoms with E-state index in [1.807, 2.05) is 49.6 Å². The Bertz CT molecular complexity index is 922. The van der Waals surface area contributed by atoms with Gasteiger partial charge in [0.2, 0.25) is 5.91 Å². The summed E-state index contributed by atoms with van der Waals surface area (Å²) in [6.07, 6.45) is 1.93. The molecule has 0 saturated carbocycles. The highest BCUT2D eigenvalue weighted by Gasteiger charge is 2.08. The van der Waals surface area contributed by atoms with Crippen molar-refractivity contribution in [2.75, 3.05) is 0 Å². The first-order chi connectivity index (χ1) is 12.5. The number of rotatable bonds is 5. The lowest BCUT2D eigenvalue weighted by atomic mass is 10.0. The highest BCUT2D eigenvalue weighted by atomic mass is 32.1. The molecule has 1 N–H and O–H groups in total. The van der Waals surface area contributed by atoms with Gasteiger partial charge in [-0.3, -0.25) is 4.79 Å². The van der Waals surface area contributed by atoms with Crippen LogP contribution in [0.25, 0.3) is 11.3 Å². The number of thiazole rings is 1. The molecule has 0 spiro atoms. The summed E-state index contributed by atoms with van der Waals surface area (Å²) >= 11 is 1.49. The smallest absolute Gasteiger partial charge is 0.246 e. The molecule has 1 amide bonds. The summed E-state index contributed by atoms with van der Waals surface area (Å²) in [6.45, 7) is 6.16. The third-order valence-electron chi connectivity index (χ3n) is 4.05. The number of hydrazone groups is 1. The first-order valence-corrected chi connectivity index (χ1v) is 9.30. The van der Waals surface area contributed by atoms with Crippen molar-refractivity contribution in [2.45, 2.75) is 27.2 Å². The van der Waals surface area contributed by atoms with E-state index >= 15 is 0 Å². The molecule has 3 rings (SSSR count). The van der Waals surface area contributed by atoms with Gasteiger partial charge in [0.15, 0.2) is 0 Å². The maximum Gasteiger partial charge on any atom is 0.246 e. The largest absolute Gasteiger partial charge is 0.273 e. The molecule has 132 valence electrons. The van der Waals surface area contributed by atoms with Crippen molar-refractivity contribution in [1.29, 1.82) is 0 Å². The van der Waals surface area contributed by atoms with Gasteiger partial charge in [-0.2, -0.15) is 5.10 Å². The molecule has 0 atom stereocenters. The first-order valence-electron chi connectivity index (χ1n) is 8.42. The van der Waals surface area contributed by atoms with E-state index in [4.69, 9.17) is 0 Å². The fourth-order valence-corrected chi connectivity index (χ4v) is 3.68. The summed E-state index contributed by atoms with van der Waals surface area (Å²) in [4.78, 5) is 16.6. The summed E-state index contributed by atoms with van der Waals surface area (Å²) < 4.78 is 0. The fraction of sp³-hybridized carbons (Fsp3) is 0.190. The molecule has 0 unspecified atom stereocenters. The zero-order valence-electron chi connectivity index (χ0n) is 15.1. The third-order valence-corrected chi connectivity index (χ3v) is 4.90. The maximum absolute atomic E-state index is 12.1. The van der Waals surface area contributed by atoms with Crippen LogP contribution in [0.4, 0.5) is 0 Å². The highest BCUT2D eigenvalue weighted by Crippen LogP contribution is 2.21. The predicted octanol–water partition coefficient (Wildman–Crippen LogP) is 4.43. The molecule has 4 nitrogen and oxygen atoms in total. The van der Waals surface area contributed by atoms with E-state index in [1.165, 1.54) is 16.9 Å². The van der Waals surface area contributed by atoms with Crippen LogP contribution in [0.3, 0.4) is 0 Å². The molecule has 0 aliphatic carbocycles. The van der Waals surface area contributed by atoms with Crippen molar-refractivity contribution < 1.29 is 4.79 Å². The van der Waals surface area contributed by atoms with Crippen molar-refractivity contribution in [3.05, 3.63) is 75.1 Å². The van der Waals surface area contributed by atoms with Gasteiger partial charge < -0.3 is 0 Å². The van der Waals surface area contributed by atoms with Crippen LogP contribution in [0.2, 0.25) is 0 Å². The zero-order valence-corrected chi connectivity index (χ0v) is 15.9. The SMILES string of the molecule is Cc1cc(C)c(/C=N\NC(=O)Cc2nc(-c3ccccc3)cs2)c(C)c1. The van der Waals surface area contributed by atoms with Crippen molar-refractivity contribution in [2.24, 2.45) is 5.10 Å². The Balaban J connectivity index is 1.61. The van der Waals surface area contributed by atoms with Gasteiger partial charge in [0.25, 0.3) is 0 Å². The van der Waals surface area contributed by atoms with Gasteiger partial charge in [-0.05, 0) is 31.9 Å². The minimum atomic E-state index is -0.169.